The second-order valence-corrected chi connectivity index (χ2v) is 7.70. The predicted octanol–water partition coefficient (Wildman–Crippen LogP) is 3.32. The number of ether oxygens (including phenoxy) is 1. The van der Waals surface area contributed by atoms with Crippen molar-refractivity contribution in [2.75, 3.05) is 13.2 Å². The number of hydrogen-bond acceptors (Lipinski definition) is 3. The van der Waals surface area contributed by atoms with Crippen molar-refractivity contribution in [3.8, 4) is 5.75 Å². The zero-order valence-electron chi connectivity index (χ0n) is 16.9. The van der Waals surface area contributed by atoms with E-state index in [2.05, 4.69) is 5.32 Å². The van der Waals surface area contributed by atoms with Crippen LogP contribution in [0.2, 0.25) is 0 Å². The second kappa shape index (κ2) is 9.54. The minimum Gasteiger partial charge on any atom is -0.492 e. The fraction of sp³-hybridized carbons (Fsp3) is 0.391. The van der Waals surface area contributed by atoms with E-state index in [0.717, 1.165) is 11.1 Å². The first-order chi connectivity index (χ1) is 13.9. The fourth-order valence-corrected chi connectivity index (χ4v) is 3.48. The van der Waals surface area contributed by atoms with Gasteiger partial charge in [-0.3, -0.25) is 9.59 Å². The van der Waals surface area contributed by atoms with Gasteiger partial charge in [-0.15, -0.1) is 0 Å². The summed E-state index contributed by atoms with van der Waals surface area (Å²) in [5.41, 5.74) is 2.19. The molecule has 0 saturated carbocycles. The Labute approximate surface area is 170 Å². The molecule has 154 valence electrons. The van der Waals surface area contributed by atoms with Crippen molar-refractivity contribution >= 4 is 11.8 Å². The predicted molar refractivity (Wildman–Crippen MR) is 109 cm³/mol. The van der Waals surface area contributed by atoms with Crippen LogP contribution in [-0.2, 0) is 22.6 Å². The number of amides is 2. The van der Waals surface area contributed by atoms with E-state index in [1.54, 1.807) is 17.0 Å². The number of fused-ring (bicyclic) bond motifs is 1. The molecule has 2 amide bonds. The molecule has 0 bridgehead atoms. The fourth-order valence-electron chi connectivity index (χ4n) is 3.48. The molecule has 1 N–H and O–H groups in total. The average Bonchev–Trinajstić information content (AvgIpc) is 2.71. The van der Waals surface area contributed by atoms with E-state index < -0.39 is 6.04 Å². The Bertz CT molecular complexity index is 851. The van der Waals surface area contributed by atoms with Crippen molar-refractivity contribution < 1.29 is 18.7 Å². The van der Waals surface area contributed by atoms with Gasteiger partial charge >= 0.3 is 0 Å². The highest BCUT2D eigenvalue weighted by Gasteiger charge is 2.34. The summed E-state index contributed by atoms with van der Waals surface area (Å²) in [5.74, 6) is 0.263. The van der Waals surface area contributed by atoms with Crippen molar-refractivity contribution in [1.29, 1.82) is 0 Å². The van der Waals surface area contributed by atoms with Gasteiger partial charge in [0.25, 0.3) is 0 Å². The summed E-state index contributed by atoms with van der Waals surface area (Å²) in [5, 5.41) is 2.87. The molecule has 2 aromatic rings. The van der Waals surface area contributed by atoms with Crippen LogP contribution >= 0.6 is 0 Å². The smallest absolute Gasteiger partial charge is 0.243 e. The Hall–Kier alpha value is -2.89. The summed E-state index contributed by atoms with van der Waals surface area (Å²) in [7, 11) is 0. The van der Waals surface area contributed by atoms with E-state index in [-0.39, 0.29) is 30.2 Å². The van der Waals surface area contributed by atoms with Crippen LogP contribution < -0.4 is 10.1 Å². The Morgan fingerprint density at radius 1 is 1.14 bits per heavy atom. The zero-order valence-corrected chi connectivity index (χ0v) is 16.9. The van der Waals surface area contributed by atoms with Gasteiger partial charge in [-0.2, -0.15) is 0 Å². The zero-order chi connectivity index (χ0) is 20.8. The highest BCUT2D eigenvalue weighted by Crippen LogP contribution is 2.25. The van der Waals surface area contributed by atoms with Gasteiger partial charge in [0.1, 0.15) is 24.2 Å². The number of hydrogen-bond donors (Lipinski definition) is 1. The summed E-state index contributed by atoms with van der Waals surface area (Å²) in [6.45, 7) is 5.02. The minimum absolute atomic E-state index is 0.00258. The first-order valence-corrected chi connectivity index (χ1v) is 9.96. The molecule has 0 aliphatic carbocycles. The topological polar surface area (TPSA) is 58.6 Å². The van der Waals surface area contributed by atoms with Crippen LogP contribution in [0.3, 0.4) is 0 Å². The van der Waals surface area contributed by atoms with E-state index in [0.29, 0.717) is 31.7 Å². The summed E-state index contributed by atoms with van der Waals surface area (Å²) in [6, 6.07) is 13.1. The third kappa shape index (κ3) is 5.56. The molecule has 6 heteroatoms. The molecule has 5 nitrogen and oxygen atoms in total. The number of nitrogens with zero attached hydrogens (tertiary/aromatic N) is 1. The quantitative estimate of drug-likeness (QED) is 0.728. The molecule has 1 aliphatic rings. The standard InChI is InChI=1S/C23H27FN2O3/c1-16(2)13-22(27)26-15-18-6-4-3-5-17(18)14-21(26)23(28)25-11-12-29-20-9-7-19(24)8-10-20/h3-10,16,21H,11-15H2,1-2H3,(H,25,28). The SMILES string of the molecule is CC(C)CC(=O)N1Cc2ccccc2CC1C(=O)NCCOc1ccc(F)cc1. The molecule has 1 unspecified atom stereocenters. The molecular formula is C23H27FN2O3. The maximum atomic E-state index is 12.9. The normalized spacial score (nSPS) is 15.7. The highest BCUT2D eigenvalue weighted by molar-refractivity contribution is 5.88. The van der Waals surface area contributed by atoms with E-state index >= 15 is 0 Å². The van der Waals surface area contributed by atoms with Crippen LogP contribution in [0, 0.1) is 11.7 Å². The molecule has 1 aliphatic heterocycles. The summed E-state index contributed by atoms with van der Waals surface area (Å²) >= 11 is 0. The number of nitrogens with one attached hydrogen (secondary N) is 1. The molecule has 1 atom stereocenters. The van der Waals surface area contributed by atoms with Crippen LogP contribution in [-0.4, -0.2) is 35.9 Å². The maximum Gasteiger partial charge on any atom is 0.243 e. The molecule has 29 heavy (non-hydrogen) atoms. The van der Waals surface area contributed by atoms with Crippen LogP contribution in [0.1, 0.15) is 31.4 Å². The van der Waals surface area contributed by atoms with E-state index in [4.69, 9.17) is 4.74 Å². The molecule has 0 aromatic heterocycles. The Balaban J connectivity index is 1.61. The van der Waals surface area contributed by atoms with Crippen molar-refractivity contribution in [2.24, 2.45) is 5.92 Å². The van der Waals surface area contributed by atoms with Crippen LogP contribution in [0.25, 0.3) is 0 Å². The molecule has 0 spiro atoms. The van der Waals surface area contributed by atoms with Gasteiger partial charge < -0.3 is 15.0 Å². The number of benzene rings is 2. The third-order valence-electron chi connectivity index (χ3n) is 4.94. The molecule has 2 aromatic carbocycles. The number of rotatable bonds is 7. The van der Waals surface area contributed by atoms with Crippen LogP contribution in [0.15, 0.2) is 48.5 Å². The lowest BCUT2D eigenvalue weighted by Crippen LogP contribution is -2.53. The summed E-state index contributed by atoms with van der Waals surface area (Å²) in [4.78, 5) is 27.3. The van der Waals surface area contributed by atoms with E-state index in [9.17, 15) is 14.0 Å². The van der Waals surface area contributed by atoms with Gasteiger partial charge in [0, 0.05) is 19.4 Å². The van der Waals surface area contributed by atoms with Crippen molar-refractivity contribution in [1.82, 2.24) is 10.2 Å². The van der Waals surface area contributed by atoms with Gasteiger partial charge in [-0.05, 0) is 41.3 Å². The van der Waals surface area contributed by atoms with Gasteiger partial charge in [-0.25, -0.2) is 4.39 Å². The molecular weight excluding hydrogens is 371 g/mol. The summed E-state index contributed by atoms with van der Waals surface area (Å²) < 4.78 is 18.4. The first kappa shape index (κ1) is 20.8. The van der Waals surface area contributed by atoms with Crippen molar-refractivity contribution in [2.45, 2.75) is 39.3 Å². The lowest BCUT2D eigenvalue weighted by molar-refractivity contribution is -0.142. The van der Waals surface area contributed by atoms with Crippen molar-refractivity contribution in [3.63, 3.8) is 0 Å². The molecule has 3 rings (SSSR count). The molecule has 0 radical (unpaired) electrons. The Kier molecular flexibility index (Phi) is 6.86. The van der Waals surface area contributed by atoms with Gasteiger partial charge in [0.2, 0.25) is 11.8 Å². The Morgan fingerprint density at radius 2 is 1.83 bits per heavy atom. The first-order valence-electron chi connectivity index (χ1n) is 9.96. The molecule has 1 heterocycles. The molecule has 0 saturated heterocycles. The Morgan fingerprint density at radius 3 is 2.52 bits per heavy atom. The largest absolute Gasteiger partial charge is 0.492 e. The van der Waals surface area contributed by atoms with Crippen LogP contribution in [0.4, 0.5) is 4.39 Å². The highest BCUT2D eigenvalue weighted by atomic mass is 19.1. The van der Waals surface area contributed by atoms with Gasteiger partial charge in [-0.1, -0.05) is 38.1 Å². The summed E-state index contributed by atoms with van der Waals surface area (Å²) in [6.07, 6.45) is 0.921. The lowest BCUT2D eigenvalue weighted by Gasteiger charge is -2.36. The van der Waals surface area contributed by atoms with Crippen molar-refractivity contribution in [3.05, 3.63) is 65.5 Å². The number of carbonyl (C=O) groups is 2. The van der Waals surface area contributed by atoms with Crippen LogP contribution in [0.5, 0.6) is 5.75 Å². The lowest BCUT2D eigenvalue weighted by atomic mass is 9.92. The monoisotopic (exact) mass is 398 g/mol. The number of halogens is 1. The van der Waals surface area contributed by atoms with Gasteiger partial charge in [0.15, 0.2) is 0 Å². The third-order valence-corrected chi connectivity index (χ3v) is 4.94. The average molecular weight is 398 g/mol. The van der Waals surface area contributed by atoms with Gasteiger partial charge in [0.05, 0.1) is 6.54 Å². The van der Waals surface area contributed by atoms with E-state index in [1.807, 2.05) is 38.1 Å². The maximum absolute atomic E-state index is 12.9. The second-order valence-electron chi connectivity index (χ2n) is 7.70. The minimum atomic E-state index is -0.526. The van der Waals surface area contributed by atoms with E-state index in [1.165, 1.54) is 12.1 Å². The number of carbonyl (C=O) groups excluding carboxylic acids is 2. The molecule has 0 fully saturated rings.